The van der Waals surface area contributed by atoms with E-state index in [0.29, 0.717) is 17.4 Å². The van der Waals surface area contributed by atoms with E-state index in [1.165, 1.54) is 6.42 Å². The highest BCUT2D eigenvalue weighted by atomic mass is 16.5. The van der Waals surface area contributed by atoms with Gasteiger partial charge in [-0.05, 0) is 74.4 Å². The smallest absolute Gasteiger partial charge is 0.272 e. The van der Waals surface area contributed by atoms with Gasteiger partial charge in [0.25, 0.3) is 5.91 Å². The number of nitrogens with zero attached hydrogens (tertiary/aromatic N) is 2. The van der Waals surface area contributed by atoms with Gasteiger partial charge in [0.1, 0.15) is 11.5 Å². The van der Waals surface area contributed by atoms with E-state index in [9.17, 15) is 4.79 Å². The van der Waals surface area contributed by atoms with Crippen molar-refractivity contribution < 1.29 is 9.53 Å². The van der Waals surface area contributed by atoms with Gasteiger partial charge in [0, 0.05) is 29.6 Å². The Morgan fingerprint density at radius 2 is 1.92 bits per heavy atom. The highest BCUT2D eigenvalue weighted by Crippen LogP contribution is 2.30. The third-order valence-corrected chi connectivity index (χ3v) is 6.79. The van der Waals surface area contributed by atoms with E-state index in [1.54, 1.807) is 12.4 Å². The SMILES string of the molecule is CC#CCC1CCCC(NC(=O)c2n[nH]c3ccc(-c4cncc(Oc5ccccc5)c4)cc23)CC1. The zero-order chi connectivity index (χ0) is 24.7. The Bertz CT molecular complexity index is 1400. The maximum atomic E-state index is 13.2. The first-order valence-corrected chi connectivity index (χ1v) is 12.6. The molecule has 4 aromatic rings. The normalized spacial score (nSPS) is 17.6. The van der Waals surface area contributed by atoms with E-state index >= 15 is 0 Å². The number of hydrogen-bond donors (Lipinski definition) is 2. The summed E-state index contributed by atoms with van der Waals surface area (Å²) in [6, 6.07) is 17.7. The first kappa shape index (κ1) is 23.6. The van der Waals surface area contributed by atoms with Gasteiger partial charge in [-0.3, -0.25) is 14.9 Å². The summed E-state index contributed by atoms with van der Waals surface area (Å²) in [4.78, 5) is 17.6. The number of carbonyl (C=O) groups excluding carboxylic acids is 1. The summed E-state index contributed by atoms with van der Waals surface area (Å²) < 4.78 is 5.95. The standard InChI is InChI=1S/C30H30N4O2/c1-2-3-8-21-9-7-10-24(15-13-21)32-30(35)29-27-18-22(14-16-28(27)33-34-29)23-17-26(20-31-19-23)36-25-11-5-4-6-12-25/h4-6,11-12,14,16-21,24H,7-10,13,15H2,1H3,(H,32,35)(H,33,34). The molecule has 6 heteroatoms. The summed E-state index contributed by atoms with van der Waals surface area (Å²) in [5.41, 5.74) is 3.10. The van der Waals surface area contributed by atoms with Crippen LogP contribution in [0, 0.1) is 17.8 Å². The van der Waals surface area contributed by atoms with Crippen LogP contribution in [0.1, 0.15) is 55.9 Å². The molecule has 2 atom stereocenters. The molecule has 2 N–H and O–H groups in total. The second-order valence-corrected chi connectivity index (χ2v) is 9.33. The molecule has 0 aliphatic heterocycles. The van der Waals surface area contributed by atoms with Crippen LogP contribution in [0.15, 0.2) is 67.0 Å². The molecule has 5 rings (SSSR count). The molecule has 0 saturated heterocycles. The Balaban J connectivity index is 1.32. The lowest BCUT2D eigenvalue weighted by Gasteiger charge is -2.16. The van der Waals surface area contributed by atoms with E-state index in [-0.39, 0.29) is 11.9 Å². The molecule has 1 aliphatic rings. The number of pyridine rings is 1. The summed E-state index contributed by atoms with van der Waals surface area (Å²) >= 11 is 0. The fourth-order valence-corrected chi connectivity index (χ4v) is 4.85. The van der Waals surface area contributed by atoms with Gasteiger partial charge in [0.2, 0.25) is 0 Å². The molecule has 1 amide bonds. The third kappa shape index (κ3) is 5.58. The predicted molar refractivity (Wildman–Crippen MR) is 142 cm³/mol. The molecule has 2 aromatic heterocycles. The molecule has 182 valence electrons. The molecule has 0 bridgehead atoms. The number of benzene rings is 2. The van der Waals surface area contributed by atoms with Gasteiger partial charge >= 0.3 is 0 Å². The number of amides is 1. The number of nitrogens with one attached hydrogen (secondary N) is 2. The second kappa shape index (κ2) is 11.1. The summed E-state index contributed by atoms with van der Waals surface area (Å²) in [7, 11) is 0. The Hall–Kier alpha value is -4.11. The second-order valence-electron chi connectivity index (χ2n) is 9.33. The zero-order valence-corrected chi connectivity index (χ0v) is 20.5. The number of hydrogen-bond acceptors (Lipinski definition) is 4. The van der Waals surface area contributed by atoms with Gasteiger partial charge in [0.05, 0.1) is 11.7 Å². The van der Waals surface area contributed by atoms with Gasteiger partial charge in [-0.2, -0.15) is 5.10 Å². The van der Waals surface area contributed by atoms with E-state index in [4.69, 9.17) is 4.74 Å². The number of carbonyl (C=O) groups is 1. The maximum absolute atomic E-state index is 13.2. The Kier molecular flexibility index (Phi) is 7.28. The van der Waals surface area contributed by atoms with Gasteiger partial charge in [-0.15, -0.1) is 11.8 Å². The number of para-hydroxylation sites is 1. The largest absolute Gasteiger partial charge is 0.456 e. The van der Waals surface area contributed by atoms with Crippen molar-refractivity contribution in [2.75, 3.05) is 0 Å². The van der Waals surface area contributed by atoms with E-state index in [2.05, 4.69) is 32.3 Å². The number of H-pyrrole nitrogens is 1. The van der Waals surface area contributed by atoms with Crippen LogP contribution >= 0.6 is 0 Å². The summed E-state index contributed by atoms with van der Waals surface area (Å²) in [5, 5.41) is 11.4. The minimum atomic E-state index is -0.130. The summed E-state index contributed by atoms with van der Waals surface area (Å²) in [6.07, 6.45) is 9.81. The highest BCUT2D eigenvalue weighted by Gasteiger charge is 2.22. The van der Waals surface area contributed by atoms with Crippen molar-refractivity contribution in [2.45, 2.75) is 51.5 Å². The maximum Gasteiger partial charge on any atom is 0.272 e. The molecule has 36 heavy (non-hydrogen) atoms. The molecule has 6 nitrogen and oxygen atoms in total. The lowest BCUT2D eigenvalue weighted by Crippen LogP contribution is -2.34. The van der Waals surface area contributed by atoms with E-state index in [0.717, 1.165) is 59.9 Å². The first-order chi connectivity index (χ1) is 17.7. The number of rotatable bonds is 6. The summed E-state index contributed by atoms with van der Waals surface area (Å²) in [5.74, 6) is 8.12. The Morgan fingerprint density at radius 1 is 1.03 bits per heavy atom. The third-order valence-electron chi connectivity index (χ3n) is 6.79. The molecular weight excluding hydrogens is 448 g/mol. The van der Waals surface area contributed by atoms with Crippen molar-refractivity contribution in [3.63, 3.8) is 0 Å². The van der Waals surface area contributed by atoms with Crippen LogP contribution in [0.4, 0.5) is 0 Å². The van der Waals surface area contributed by atoms with Crippen molar-refractivity contribution in [3.8, 4) is 34.5 Å². The van der Waals surface area contributed by atoms with Crippen LogP contribution in [0.3, 0.4) is 0 Å². The van der Waals surface area contributed by atoms with Crippen LogP contribution < -0.4 is 10.1 Å². The van der Waals surface area contributed by atoms with Crippen LogP contribution in [0.25, 0.3) is 22.0 Å². The van der Waals surface area contributed by atoms with Crippen molar-refractivity contribution >= 4 is 16.8 Å². The van der Waals surface area contributed by atoms with Crippen LogP contribution in [0.5, 0.6) is 11.5 Å². The topological polar surface area (TPSA) is 79.9 Å². The average molecular weight is 479 g/mol. The van der Waals surface area contributed by atoms with Crippen LogP contribution in [-0.4, -0.2) is 27.1 Å². The molecule has 2 aromatic carbocycles. The number of aromatic amines is 1. The molecule has 0 spiro atoms. The van der Waals surface area contributed by atoms with Gasteiger partial charge < -0.3 is 10.1 Å². The van der Waals surface area contributed by atoms with Crippen molar-refractivity contribution in [1.82, 2.24) is 20.5 Å². The van der Waals surface area contributed by atoms with Crippen molar-refractivity contribution in [2.24, 2.45) is 5.92 Å². The quantitative estimate of drug-likeness (QED) is 0.245. The molecular formula is C30H30N4O2. The molecule has 1 aliphatic carbocycles. The Morgan fingerprint density at radius 3 is 2.78 bits per heavy atom. The molecule has 2 unspecified atom stereocenters. The summed E-state index contributed by atoms with van der Waals surface area (Å²) in [6.45, 7) is 1.89. The monoisotopic (exact) mass is 478 g/mol. The van der Waals surface area contributed by atoms with Crippen LogP contribution in [-0.2, 0) is 0 Å². The Labute approximate surface area is 211 Å². The number of aromatic nitrogens is 3. The average Bonchev–Trinajstić information content (AvgIpc) is 3.21. The van der Waals surface area contributed by atoms with Crippen LogP contribution in [0.2, 0.25) is 0 Å². The number of ether oxygens (including phenoxy) is 1. The number of fused-ring (bicyclic) bond motifs is 1. The van der Waals surface area contributed by atoms with Crippen molar-refractivity contribution in [3.05, 3.63) is 72.7 Å². The fraction of sp³-hybridized carbons (Fsp3) is 0.300. The molecule has 2 heterocycles. The van der Waals surface area contributed by atoms with Crippen molar-refractivity contribution in [1.29, 1.82) is 0 Å². The lowest BCUT2D eigenvalue weighted by atomic mass is 9.97. The lowest BCUT2D eigenvalue weighted by molar-refractivity contribution is 0.0929. The minimum Gasteiger partial charge on any atom is -0.456 e. The van der Waals surface area contributed by atoms with Gasteiger partial charge in [0.15, 0.2) is 5.69 Å². The zero-order valence-electron chi connectivity index (χ0n) is 20.5. The van der Waals surface area contributed by atoms with Gasteiger partial charge in [-0.1, -0.05) is 30.7 Å². The highest BCUT2D eigenvalue weighted by molar-refractivity contribution is 6.05. The first-order valence-electron chi connectivity index (χ1n) is 12.6. The predicted octanol–water partition coefficient (Wildman–Crippen LogP) is 6.51. The minimum absolute atomic E-state index is 0.130. The molecule has 1 saturated carbocycles. The van der Waals surface area contributed by atoms with E-state index in [1.807, 2.05) is 61.5 Å². The van der Waals surface area contributed by atoms with Gasteiger partial charge in [-0.25, -0.2) is 0 Å². The fourth-order valence-electron chi connectivity index (χ4n) is 4.85. The molecule has 1 fully saturated rings. The molecule has 0 radical (unpaired) electrons. The van der Waals surface area contributed by atoms with E-state index < -0.39 is 0 Å².